The van der Waals surface area contributed by atoms with Gasteiger partial charge in [-0.15, -0.1) is 0 Å². The Morgan fingerprint density at radius 2 is 2.12 bits per heavy atom. The smallest absolute Gasteiger partial charge is 0.305 e. The average Bonchev–Trinajstić information content (AvgIpc) is 2.26. The first-order chi connectivity index (χ1) is 7.97. The molecule has 96 valence electrons. The van der Waals surface area contributed by atoms with Gasteiger partial charge >= 0.3 is 11.9 Å². The molecule has 2 atom stereocenters. The van der Waals surface area contributed by atoms with E-state index in [0.717, 1.165) is 6.42 Å². The third-order valence-corrected chi connectivity index (χ3v) is 2.37. The van der Waals surface area contributed by atoms with Gasteiger partial charge < -0.3 is 14.2 Å². The van der Waals surface area contributed by atoms with Gasteiger partial charge in [-0.25, -0.2) is 0 Å². The fraction of sp³-hybridized carbons (Fsp3) is 0.667. The molecule has 0 spiro atoms. The molecule has 5 nitrogen and oxygen atoms in total. The zero-order valence-electron chi connectivity index (χ0n) is 10.4. The van der Waals surface area contributed by atoms with Crippen LogP contribution in [0.25, 0.3) is 0 Å². The highest BCUT2D eigenvalue weighted by atomic mass is 16.7. The number of esters is 2. The largest absolute Gasteiger partial charge is 0.459 e. The fourth-order valence-electron chi connectivity index (χ4n) is 1.64. The summed E-state index contributed by atoms with van der Waals surface area (Å²) in [5.41, 5.74) is 0. The van der Waals surface area contributed by atoms with Crippen molar-refractivity contribution in [3.05, 3.63) is 12.2 Å². The third-order valence-electron chi connectivity index (χ3n) is 2.37. The average molecular weight is 242 g/mol. The van der Waals surface area contributed by atoms with Crippen LogP contribution in [0, 0.1) is 0 Å². The van der Waals surface area contributed by atoms with E-state index in [1.165, 1.54) is 13.8 Å². The van der Waals surface area contributed by atoms with E-state index in [4.69, 9.17) is 14.2 Å². The van der Waals surface area contributed by atoms with Crippen LogP contribution >= 0.6 is 0 Å². The first-order valence-corrected chi connectivity index (χ1v) is 5.65. The Labute approximate surface area is 101 Å². The summed E-state index contributed by atoms with van der Waals surface area (Å²) in [7, 11) is 0. The van der Waals surface area contributed by atoms with Crippen molar-refractivity contribution >= 4 is 11.9 Å². The Morgan fingerprint density at radius 3 is 2.65 bits per heavy atom. The minimum atomic E-state index is -1.17. The summed E-state index contributed by atoms with van der Waals surface area (Å²) in [6.45, 7) is 4.49. The quantitative estimate of drug-likeness (QED) is 0.553. The summed E-state index contributed by atoms with van der Waals surface area (Å²) in [5.74, 6) is -2.06. The Kier molecular flexibility index (Phi) is 4.69. The molecule has 0 saturated heterocycles. The maximum atomic E-state index is 11.1. The number of hydrogen-bond acceptors (Lipinski definition) is 5. The molecule has 17 heavy (non-hydrogen) atoms. The van der Waals surface area contributed by atoms with Crippen LogP contribution in [0.1, 0.15) is 33.6 Å². The Hall–Kier alpha value is -1.36. The number of carbonyl (C=O) groups excluding carboxylic acids is 2. The molecule has 0 aliphatic carbocycles. The molecule has 0 aromatic heterocycles. The van der Waals surface area contributed by atoms with Crippen molar-refractivity contribution < 1.29 is 23.8 Å². The van der Waals surface area contributed by atoms with Gasteiger partial charge in [0, 0.05) is 20.3 Å². The summed E-state index contributed by atoms with van der Waals surface area (Å²) in [6.07, 6.45) is 4.81. The minimum absolute atomic E-state index is 0.0806. The molecule has 1 rings (SSSR count). The second-order valence-electron chi connectivity index (χ2n) is 3.98. The van der Waals surface area contributed by atoms with Crippen molar-refractivity contribution in [1.82, 2.24) is 0 Å². The molecule has 5 heteroatoms. The normalized spacial score (nSPS) is 27.6. The maximum Gasteiger partial charge on any atom is 0.305 e. The molecule has 0 bridgehead atoms. The Morgan fingerprint density at radius 1 is 1.41 bits per heavy atom. The van der Waals surface area contributed by atoms with Gasteiger partial charge in [-0.05, 0) is 6.42 Å². The van der Waals surface area contributed by atoms with Crippen molar-refractivity contribution in [3.8, 4) is 0 Å². The minimum Gasteiger partial charge on any atom is -0.459 e. The van der Waals surface area contributed by atoms with Gasteiger partial charge in [0.1, 0.15) is 0 Å². The highest BCUT2D eigenvalue weighted by molar-refractivity contribution is 5.67. The second kappa shape index (κ2) is 5.82. The molecule has 2 unspecified atom stereocenters. The standard InChI is InChI=1S/C12H18O5/c1-4-11-6-5-7-12(17-11,16-10(3)14)8-15-9(2)13/h5-6,11H,4,7-8H2,1-3H3. The van der Waals surface area contributed by atoms with Crippen molar-refractivity contribution in [2.75, 3.05) is 6.61 Å². The van der Waals surface area contributed by atoms with Crippen LogP contribution in [0.5, 0.6) is 0 Å². The van der Waals surface area contributed by atoms with Crippen LogP contribution in [0.3, 0.4) is 0 Å². The predicted molar refractivity (Wildman–Crippen MR) is 60.1 cm³/mol. The molecule has 0 aromatic rings. The SMILES string of the molecule is CCC1C=CCC(COC(C)=O)(OC(C)=O)O1. The summed E-state index contributed by atoms with van der Waals surface area (Å²) in [4.78, 5) is 21.9. The van der Waals surface area contributed by atoms with E-state index in [9.17, 15) is 9.59 Å². The molecule has 0 N–H and O–H groups in total. The van der Waals surface area contributed by atoms with E-state index < -0.39 is 17.7 Å². The van der Waals surface area contributed by atoms with E-state index >= 15 is 0 Å². The number of carbonyl (C=O) groups is 2. The van der Waals surface area contributed by atoms with Gasteiger partial charge in [-0.3, -0.25) is 9.59 Å². The van der Waals surface area contributed by atoms with Gasteiger partial charge in [0.2, 0.25) is 0 Å². The van der Waals surface area contributed by atoms with E-state index in [-0.39, 0.29) is 12.7 Å². The molecule has 1 heterocycles. The summed E-state index contributed by atoms with van der Waals surface area (Å²) >= 11 is 0. The van der Waals surface area contributed by atoms with Crippen LogP contribution in [-0.4, -0.2) is 30.4 Å². The van der Waals surface area contributed by atoms with Crippen molar-refractivity contribution in [3.63, 3.8) is 0 Å². The fourth-order valence-corrected chi connectivity index (χ4v) is 1.64. The zero-order valence-corrected chi connectivity index (χ0v) is 10.4. The molecule has 0 aromatic carbocycles. The summed E-state index contributed by atoms with van der Waals surface area (Å²) in [6, 6.07) is 0. The van der Waals surface area contributed by atoms with E-state index in [1.54, 1.807) is 0 Å². The van der Waals surface area contributed by atoms with Gasteiger partial charge in [0.25, 0.3) is 5.79 Å². The molecular formula is C12H18O5. The molecular weight excluding hydrogens is 224 g/mol. The van der Waals surface area contributed by atoms with E-state index in [0.29, 0.717) is 6.42 Å². The molecule has 1 aliphatic heterocycles. The first-order valence-electron chi connectivity index (χ1n) is 5.65. The lowest BCUT2D eigenvalue weighted by Crippen LogP contribution is -2.46. The third kappa shape index (κ3) is 4.19. The summed E-state index contributed by atoms with van der Waals surface area (Å²) in [5, 5.41) is 0. The van der Waals surface area contributed by atoms with Crippen molar-refractivity contribution in [2.24, 2.45) is 0 Å². The molecule has 0 amide bonds. The number of ether oxygens (including phenoxy) is 3. The summed E-state index contributed by atoms with van der Waals surface area (Å²) < 4.78 is 15.8. The van der Waals surface area contributed by atoms with Crippen LogP contribution in [-0.2, 0) is 23.8 Å². The molecule has 0 fully saturated rings. The van der Waals surface area contributed by atoms with E-state index in [2.05, 4.69) is 0 Å². The van der Waals surface area contributed by atoms with Crippen LogP contribution in [0.4, 0.5) is 0 Å². The van der Waals surface area contributed by atoms with Crippen LogP contribution in [0.2, 0.25) is 0 Å². The zero-order chi connectivity index (χ0) is 12.9. The van der Waals surface area contributed by atoms with Crippen molar-refractivity contribution in [2.45, 2.75) is 45.5 Å². The number of rotatable bonds is 4. The highest BCUT2D eigenvalue weighted by Crippen LogP contribution is 2.27. The lowest BCUT2D eigenvalue weighted by atomic mass is 10.1. The van der Waals surface area contributed by atoms with Gasteiger partial charge in [0.05, 0.1) is 6.10 Å². The van der Waals surface area contributed by atoms with E-state index in [1.807, 2.05) is 19.1 Å². The Balaban J connectivity index is 2.75. The van der Waals surface area contributed by atoms with Crippen LogP contribution in [0.15, 0.2) is 12.2 Å². The van der Waals surface area contributed by atoms with Crippen LogP contribution < -0.4 is 0 Å². The molecule has 1 aliphatic rings. The monoisotopic (exact) mass is 242 g/mol. The molecule has 0 saturated carbocycles. The lowest BCUT2D eigenvalue weighted by Gasteiger charge is -2.36. The number of hydrogen-bond donors (Lipinski definition) is 0. The van der Waals surface area contributed by atoms with Gasteiger partial charge in [-0.1, -0.05) is 19.1 Å². The second-order valence-corrected chi connectivity index (χ2v) is 3.98. The highest BCUT2D eigenvalue weighted by Gasteiger charge is 2.39. The van der Waals surface area contributed by atoms with Crippen molar-refractivity contribution in [1.29, 1.82) is 0 Å². The topological polar surface area (TPSA) is 61.8 Å². The molecule has 0 radical (unpaired) electrons. The predicted octanol–water partition coefficient (Wildman–Crippen LogP) is 1.56. The Bertz CT molecular complexity index is 323. The lowest BCUT2D eigenvalue weighted by molar-refractivity contribution is -0.262. The first kappa shape index (κ1) is 13.7. The van der Waals surface area contributed by atoms with Gasteiger partial charge in [-0.2, -0.15) is 0 Å². The maximum absolute atomic E-state index is 11.1. The van der Waals surface area contributed by atoms with Gasteiger partial charge in [0.15, 0.2) is 6.61 Å².